The van der Waals surface area contributed by atoms with Gasteiger partial charge in [-0.25, -0.2) is 0 Å². The van der Waals surface area contributed by atoms with E-state index in [9.17, 15) is 17.7 Å². The second kappa shape index (κ2) is 5.78. The van der Waals surface area contributed by atoms with Gasteiger partial charge in [-0.2, -0.15) is 23.7 Å². The summed E-state index contributed by atoms with van der Waals surface area (Å²) < 4.78 is 48.7. The van der Waals surface area contributed by atoms with Gasteiger partial charge < -0.3 is 4.57 Å². The van der Waals surface area contributed by atoms with Crippen molar-refractivity contribution in [2.45, 2.75) is 25.2 Å². The molecule has 0 aromatic heterocycles. The van der Waals surface area contributed by atoms with Gasteiger partial charge in [0.05, 0.1) is 12.1 Å². The molecule has 1 unspecified atom stereocenters. The summed E-state index contributed by atoms with van der Waals surface area (Å²) in [5, 5.41) is 16.3. The standard InChI is InChI=1S/C8H10F3N2OP/c9-8(10,11)15(14,7-3-5-13)6-2-1-4-12/h1-3,6-7H2. The van der Waals surface area contributed by atoms with E-state index in [1.165, 1.54) is 0 Å². The van der Waals surface area contributed by atoms with Crippen LogP contribution in [0.2, 0.25) is 0 Å². The van der Waals surface area contributed by atoms with E-state index in [1.54, 1.807) is 12.1 Å². The summed E-state index contributed by atoms with van der Waals surface area (Å²) in [6.07, 6.45) is -1.64. The maximum atomic E-state index is 12.4. The molecule has 1 atom stereocenters. The molecule has 3 nitrogen and oxygen atoms in total. The van der Waals surface area contributed by atoms with E-state index in [1.807, 2.05) is 0 Å². The van der Waals surface area contributed by atoms with Crippen LogP contribution >= 0.6 is 7.14 Å². The average molecular weight is 238 g/mol. The number of nitrogens with zero attached hydrogens (tertiary/aromatic N) is 2. The SMILES string of the molecule is N#CCCCP(=O)(CCC#N)C(F)(F)F. The normalized spacial score (nSPS) is 15.0. The third-order valence-electron chi connectivity index (χ3n) is 1.85. The van der Waals surface area contributed by atoms with Crippen LogP contribution in [0.3, 0.4) is 0 Å². The Balaban J connectivity index is 4.52. The Labute approximate surface area is 85.9 Å². The Morgan fingerprint density at radius 3 is 2.00 bits per heavy atom. The van der Waals surface area contributed by atoms with E-state index >= 15 is 0 Å². The van der Waals surface area contributed by atoms with Gasteiger partial charge in [-0.15, -0.1) is 0 Å². The number of nitriles is 2. The predicted molar refractivity (Wildman–Crippen MR) is 48.5 cm³/mol. The van der Waals surface area contributed by atoms with E-state index in [0.717, 1.165) is 0 Å². The Morgan fingerprint density at radius 1 is 1.07 bits per heavy atom. The minimum absolute atomic E-state index is 0.0429. The largest absolute Gasteiger partial charge is 0.439 e. The van der Waals surface area contributed by atoms with Gasteiger partial charge >= 0.3 is 5.92 Å². The molecule has 0 aromatic rings. The molecule has 0 radical (unpaired) electrons. The first kappa shape index (κ1) is 14.0. The summed E-state index contributed by atoms with van der Waals surface area (Å²) in [4.78, 5) is 0. The monoisotopic (exact) mass is 238 g/mol. The van der Waals surface area contributed by atoms with E-state index < -0.39 is 25.4 Å². The van der Waals surface area contributed by atoms with Gasteiger partial charge in [-0.05, 0) is 6.42 Å². The van der Waals surface area contributed by atoms with Crippen LogP contribution in [-0.4, -0.2) is 18.2 Å². The van der Waals surface area contributed by atoms with Gasteiger partial charge in [0.15, 0.2) is 7.14 Å². The van der Waals surface area contributed by atoms with Gasteiger partial charge in [0.2, 0.25) is 0 Å². The molecule has 0 bridgehead atoms. The fourth-order valence-electron chi connectivity index (χ4n) is 1.01. The van der Waals surface area contributed by atoms with Gasteiger partial charge in [-0.1, -0.05) is 0 Å². The van der Waals surface area contributed by atoms with Crippen LogP contribution < -0.4 is 0 Å². The van der Waals surface area contributed by atoms with E-state index in [0.29, 0.717) is 0 Å². The van der Waals surface area contributed by atoms with Crippen molar-refractivity contribution < 1.29 is 17.7 Å². The summed E-state index contributed by atoms with van der Waals surface area (Å²) in [7, 11) is -4.32. The maximum absolute atomic E-state index is 12.4. The van der Waals surface area contributed by atoms with Crippen LogP contribution in [0, 0.1) is 22.7 Å². The summed E-state index contributed by atoms with van der Waals surface area (Å²) in [6, 6.07) is 3.24. The number of alkyl halides is 3. The zero-order valence-electron chi connectivity index (χ0n) is 7.92. The molecule has 15 heavy (non-hydrogen) atoms. The summed E-state index contributed by atoms with van der Waals surface area (Å²) >= 11 is 0. The molecule has 0 fully saturated rings. The van der Waals surface area contributed by atoms with Crippen LogP contribution in [0.5, 0.6) is 0 Å². The highest BCUT2D eigenvalue weighted by Gasteiger charge is 2.49. The summed E-state index contributed by atoms with van der Waals surface area (Å²) in [5.41, 5.74) is 0. The van der Waals surface area contributed by atoms with Crippen LogP contribution in [0.15, 0.2) is 0 Å². The first-order chi connectivity index (χ1) is 6.87. The van der Waals surface area contributed by atoms with Crippen LogP contribution in [0.25, 0.3) is 0 Å². The molecular weight excluding hydrogens is 228 g/mol. The number of rotatable bonds is 5. The third kappa shape index (κ3) is 4.36. The highest BCUT2D eigenvalue weighted by molar-refractivity contribution is 7.64. The molecule has 0 aliphatic rings. The Bertz CT molecular complexity index is 326. The molecule has 84 valence electrons. The molecule has 0 N–H and O–H groups in total. The van der Waals surface area contributed by atoms with Crippen molar-refractivity contribution in [2.75, 3.05) is 12.3 Å². The lowest BCUT2D eigenvalue weighted by molar-refractivity contribution is -0.0467. The highest BCUT2D eigenvalue weighted by Crippen LogP contribution is 2.61. The number of hydrogen-bond acceptors (Lipinski definition) is 3. The van der Waals surface area contributed by atoms with Crippen molar-refractivity contribution in [2.24, 2.45) is 0 Å². The second-order valence-corrected chi connectivity index (χ2v) is 6.15. The first-order valence-electron chi connectivity index (χ1n) is 4.26. The third-order valence-corrected chi connectivity index (χ3v) is 4.76. The van der Waals surface area contributed by atoms with Crippen LogP contribution in [0.1, 0.15) is 19.3 Å². The van der Waals surface area contributed by atoms with Crippen LogP contribution in [-0.2, 0) is 4.57 Å². The molecule has 7 heteroatoms. The Hall–Kier alpha value is -1.00. The fraction of sp³-hybridized carbons (Fsp3) is 0.750. The van der Waals surface area contributed by atoms with Gasteiger partial charge in [0, 0.05) is 25.2 Å². The predicted octanol–water partition coefficient (Wildman–Crippen LogP) is 3.09. The number of halogens is 3. The Morgan fingerprint density at radius 2 is 1.60 bits per heavy atom. The van der Waals surface area contributed by atoms with Gasteiger partial charge in [0.1, 0.15) is 0 Å². The molecular formula is C8H10F3N2OP. The van der Waals surface area contributed by atoms with Crippen molar-refractivity contribution in [1.29, 1.82) is 10.5 Å². The van der Waals surface area contributed by atoms with E-state index in [-0.39, 0.29) is 19.3 Å². The molecule has 0 saturated heterocycles. The van der Waals surface area contributed by atoms with Crippen molar-refractivity contribution >= 4 is 7.14 Å². The lowest BCUT2D eigenvalue weighted by Crippen LogP contribution is -2.14. The molecule has 0 heterocycles. The molecule has 0 aliphatic carbocycles. The lowest BCUT2D eigenvalue weighted by atomic mass is 10.4. The minimum atomic E-state index is -4.75. The minimum Gasteiger partial charge on any atom is -0.314 e. The zero-order chi connectivity index (χ0) is 11.9. The van der Waals surface area contributed by atoms with Gasteiger partial charge in [-0.3, -0.25) is 0 Å². The number of hydrogen-bond donors (Lipinski definition) is 0. The fourth-order valence-corrected chi connectivity index (χ4v) is 2.87. The smallest absolute Gasteiger partial charge is 0.314 e. The highest BCUT2D eigenvalue weighted by atomic mass is 31.2. The van der Waals surface area contributed by atoms with Crippen molar-refractivity contribution in [1.82, 2.24) is 0 Å². The molecule has 0 saturated carbocycles. The quantitative estimate of drug-likeness (QED) is 0.546. The lowest BCUT2D eigenvalue weighted by Gasteiger charge is -2.19. The molecule has 0 spiro atoms. The Kier molecular flexibility index (Phi) is 5.39. The van der Waals surface area contributed by atoms with E-state index in [4.69, 9.17) is 10.5 Å². The average Bonchev–Trinajstić information content (AvgIpc) is 2.13. The molecule has 0 amide bonds. The summed E-state index contributed by atoms with van der Waals surface area (Å²) in [6.45, 7) is 0. The first-order valence-corrected chi connectivity index (χ1v) is 6.34. The maximum Gasteiger partial charge on any atom is 0.439 e. The molecule has 0 aromatic carbocycles. The number of unbranched alkanes of at least 4 members (excludes halogenated alkanes) is 1. The van der Waals surface area contributed by atoms with Gasteiger partial charge in [0.25, 0.3) is 0 Å². The van der Waals surface area contributed by atoms with Crippen molar-refractivity contribution in [3.8, 4) is 12.1 Å². The molecule has 0 rings (SSSR count). The molecule has 0 aliphatic heterocycles. The van der Waals surface area contributed by atoms with Crippen molar-refractivity contribution in [3.63, 3.8) is 0 Å². The topological polar surface area (TPSA) is 64.7 Å². The second-order valence-electron chi connectivity index (χ2n) is 2.97. The summed E-state index contributed by atoms with van der Waals surface area (Å²) in [5.74, 6) is -4.75. The van der Waals surface area contributed by atoms with Crippen molar-refractivity contribution in [3.05, 3.63) is 0 Å². The van der Waals surface area contributed by atoms with Crippen LogP contribution in [0.4, 0.5) is 13.2 Å². The van der Waals surface area contributed by atoms with E-state index in [2.05, 4.69) is 0 Å². The zero-order valence-corrected chi connectivity index (χ0v) is 8.81.